The van der Waals surface area contributed by atoms with Crippen molar-refractivity contribution in [3.63, 3.8) is 0 Å². The highest BCUT2D eigenvalue weighted by atomic mass is 16.5. The van der Waals surface area contributed by atoms with Gasteiger partial charge in [0.1, 0.15) is 17.9 Å². The maximum atomic E-state index is 12.0. The van der Waals surface area contributed by atoms with Crippen LogP contribution in [0.2, 0.25) is 0 Å². The van der Waals surface area contributed by atoms with E-state index in [4.69, 9.17) is 9.47 Å². The lowest BCUT2D eigenvalue weighted by molar-refractivity contribution is 0.0692. The molecule has 2 aromatic carbocycles. The van der Waals surface area contributed by atoms with Crippen molar-refractivity contribution < 1.29 is 19.4 Å². The third-order valence-electron chi connectivity index (χ3n) is 5.55. The highest BCUT2D eigenvalue weighted by molar-refractivity contribution is 6.06. The topological polar surface area (TPSA) is 80.7 Å². The lowest BCUT2D eigenvalue weighted by Crippen LogP contribution is -2.11. The number of hydrogen-bond acceptors (Lipinski definition) is 5. The second kappa shape index (κ2) is 7.99. The van der Waals surface area contributed by atoms with Crippen LogP contribution in [0.15, 0.2) is 42.5 Å². The van der Waals surface area contributed by atoms with Crippen LogP contribution >= 0.6 is 0 Å². The van der Waals surface area contributed by atoms with Gasteiger partial charge in [-0.25, -0.2) is 9.78 Å². The number of nitrogens with zero attached hydrogens (tertiary/aromatic N) is 1. The van der Waals surface area contributed by atoms with Gasteiger partial charge < -0.3 is 19.9 Å². The minimum atomic E-state index is -1.07. The van der Waals surface area contributed by atoms with Crippen molar-refractivity contribution in [2.45, 2.75) is 31.8 Å². The molecule has 0 bridgehead atoms. The van der Waals surface area contributed by atoms with Gasteiger partial charge in [0.15, 0.2) is 0 Å². The summed E-state index contributed by atoms with van der Waals surface area (Å²) < 4.78 is 11.0. The molecule has 3 aromatic rings. The number of pyridine rings is 1. The zero-order valence-corrected chi connectivity index (χ0v) is 16.6. The lowest BCUT2D eigenvalue weighted by atomic mass is 9.80. The minimum Gasteiger partial charge on any atom is -0.497 e. The first-order valence-corrected chi connectivity index (χ1v) is 9.75. The Labute approximate surface area is 169 Å². The fraction of sp³-hybridized carbons (Fsp3) is 0.304. The van der Waals surface area contributed by atoms with Crippen LogP contribution in [0.25, 0.3) is 10.9 Å². The van der Waals surface area contributed by atoms with E-state index in [1.165, 1.54) is 24.8 Å². The Morgan fingerprint density at radius 2 is 1.97 bits per heavy atom. The van der Waals surface area contributed by atoms with E-state index in [2.05, 4.69) is 22.4 Å². The predicted molar refractivity (Wildman–Crippen MR) is 112 cm³/mol. The fourth-order valence-corrected chi connectivity index (χ4v) is 3.69. The summed E-state index contributed by atoms with van der Waals surface area (Å²) in [6.07, 6.45) is 3.64. The molecule has 1 aromatic heterocycles. The van der Waals surface area contributed by atoms with Crippen molar-refractivity contribution >= 4 is 22.6 Å². The number of carboxylic acid groups (broad SMARTS) is 1. The lowest BCUT2D eigenvalue weighted by Gasteiger charge is -2.26. The quantitative estimate of drug-likeness (QED) is 0.599. The fourth-order valence-electron chi connectivity index (χ4n) is 3.69. The number of anilines is 1. The average Bonchev–Trinajstić information content (AvgIpc) is 2.69. The summed E-state index contributed by atoms with van der Waals surface area (Å²) in [4.78, 5) is 16.6. The standard InChI is InChI=1S/C23H24N2O4/c1-24-21-18-11-8-16(15-4-3-5-15)12-19(18)25-22(20(21)23(26)27)29-13-14-6-9-17(28-2)10-7-14/h6-12,15H,3-5,13H2,1-2H3,(H,24,25)(H,26,27). The second-order valence-corrected chi connectivity index (χ2v) is 7.26. The summed E-state index contributed by atoms with van der Waals surface area (Å²) in [5, 5.41) is 13.6. The molecule has 150 valence electrons. The smallest absolute Gasteiger partial charge is 0.343 e. The van der Waals surface area contributed by atoms with Crippen LogP contribution in [0.4, 0.5) is 5.69 Å². The van der Waals surface area contributed by atoms with Crippen molar-refractivity contribution in [1.29, 1.82) is 0 Å². The average molecular weight is 392 g/mol. The molecule has 0 spiro atoms. The minimum absolute atomic E-state index is 0.0462. The number of aromatic carboxylic acids is 1. The molecule has 2 N–H and O–H groups in total. The van der Waals surface area contributed by atoms with Crippen LogP contribution in [0.1, 0.15) is 46.7 Å². The SMILES string of the molecule is CNc1c(C(=O)O)c(OCc2ccc(OC)cc2)nc2cc(C3CCC3)ccc12. The van der Waals surface area contributed by atoms with E-state index in [0.717, 1.165) is 22.2 Å². The summed E-state index contributed by atoms with van der Waals surface area (Å²) >= 11 is 0. The molecule has 1 saturated carbocycles. The Hall–Kier alpha value is -3.28. The number of carbonyl (C=O) groups is 1. The normalized spacial score (nSPS) is 13.7. The van der Waals surface area contributed by atoms with Gasteiger partial charge in [0, 0.05) is 12.4 Å². The van der Waals surface area contributed by atoms with E-state index in [9.17, 15) is 9.90 Å². The zero-order chi connectivity index (χ0) is 20.4. The summed E-state index contributed by atoms with van der Waals surface area (Å²) in [6.45, 7) is 0.217. The molecule has 1 aliphatic carbocycles. The first-order valence-electron chi connectivity index (χ1n) is 9.75. The number of nitrogens with one attached hydrogen (secondary N) is 1. The van der Waals surface area contributed by atoms with Crippen LogP contribution in [-0.2, 0) is 6.61 Å². The highest BCUT2D eigenvalue weighted by Gasteiger charge is 2.24. The summed E-state index contributed by atoms with van der Waals surface area (Å²) in [7, 11) is 3.33. The van der Waals surface area contributed by atoms with Crippen LogP contribution < -0.4 is 14.8 Å². The molecule has 4 rings (SSSR count). The van der Waals surface area contributed by atoms with Gasteiger partial charge in [-0.05, 0) is 48.1 Å². The molecule has 1 aliphatic rings. The van der Waals surface area contributed by atoms with Crippen molar-refractivity contribution in [1.82, 2.24) is 4.98 Å². The Morgan fingerprint density at radius 3 is 2.55 bits per heavy atom. The summed E-state index contributed by atoms with van der Waals surface area (Å²) in [5.41, 5.74) is 3.46. The largest absolute Gasteiger partial charge is 0.497 e. The van der Waals surface area contributed by atoms with Crippen molar-refractivity contribution in [3.8, 4) is 11.6 Å². The van der Waals surface area contributed by atoms with E-state index in [1.807, 2.05) is 30.3 Å². The Kier molecular flexibility index (Phi) is 5.25. The molecular weight excluding hydrogens is 368 g/mol. The molecule has 1 fully saturated rings. The first kappa shape index (κ1) is 19.1. The molecule has 6 nitrogen and oxygen atoms in total. The molecule has 0 aliphatic heterocycles. The number of carboxylic acids is 1. The second-order valence-electron chi connectivity index (χ2n) is 7.26. The van der Waals surface area contributed by atoms with Gasteiger partial charge in [-0.3, -0.25) is 0 Å². The van der Waals surface area contributed by atoms with Crippen LogP contribution in [0.5, 0.6) is 11.6 Å². The van der Waals surface area contributed by atoms with E-state index in [1.54, 1.807) is 14.2 Å². The third-order valence-corrected chi connectivity index (χ3v) is 5.55. The van der Waals surface area contributed by atoms with E-state index in [-0.39, 0.29) is 18.1 Å². The number of ether oxygens (including phenoxy) is 2. The molecule has 0 saturated heterocycles. The van der Waals surface area contributed by atoms with Gasteiger partial charge in [0.25, 0.3) is 0 Å². The molecule has 0 unspecified atom stereocenters. The number of aromatic nitrogens is 1. The van der Waals surface area contributed by atoms with E-state index < -0.39 is 5.97 Å². The van der Waals surface area contributed by atoms with Gasteiger partial charge in [0.05, 0.1) is 18.3 Å². The monoisotopic (exact) mass is 392 g/mol. The number of hydrogen-bond donors (Lipinski definition) is 2. The highest BCUT2D eigenvalue weighted by Crippen LogP contribution is 2.39. The molecule has 6 heteroatoms. The van der Waals surface area contributed by atoms with Crippen molar-refractivity contribution in [3.05, 3.63) is 59.2 Å². The van der Waals surface area contributed by atoms with Gasteiger partial charge in [0.2, 0.25) is 5.88 Å². The first-order chi connectivity index (χ1) is 14.1. The van der Waals surface area contributed by atoms with E-state index in [0.29, 0.717) is 11.6 Å². The maximum absolute atomic E-state index is 12.0. The molecule has 0 radical (unpaired) electrons. The van der Waals surface area contributed by atoms with Crippen molar-refractivity contribution in [2.24, 2.45) is 0 Å². The predicted octanol–water partition coefficient (Wildman–Crippen LogP) is 4.83. The summed E-state index contributed by atoms with van der Waals surface area (Å²) in [6, 6.07) is 13.6. The van der Waals surface area contributed by atoms with Gasteiger partial charge in [-0.1, -0.05) is 30.7 Å². The van der Waals surface area contributed by atoms with Crippen molar-refractivity contribution in [2.75, 3.05) is 19.5 Å². The molecule has 1 heterocycles. The number of rotatable bonds is 7. The van der Waals surface area contributed by atoms with Gasteiger partial charge in [-0.2, -0.15) is 0 Å². The Morgan fingerprint density at radius 1 is 1.21 bits per heavy atom. The third kappa shape index (κ3) is 3.70. The number of benzene rings is 2. The zero-order valence-electron chi connectivity index (χ0n) is 16.6. The van der Waals surface area contributed by atoms with Crippen LogP contribution in [0, 0.1) is 0 Å². The van der Waals surface area contributed by atoms with Crippen LogP contribution in [-0.4, -0.2) is 30.2 Å². The Balaban J connectivity index is 1.72. The van der Waals surface area contributed by atoms with E-state index >= 15 is 0 Å². The molecule has 0 amide bonds. The van der Waals surface area contributed by atoms with Gasteiger partial charge >= 0.3 is 5.97 Å². The maximum Gasteiger partial charge on any atom is 0.343 e. The van der Waals surface area contributed by atoms with Gasteiger partial charge in [-0.15, -0.1) is 0 Å². The molecule has 0 atom stereocenters. The molecule has 29 heavy (non-hydrogen) atoms. The Bertz CT molecular complexity index is 1040. The van der Waals surface area contributed by atoms with Crippen LogP contribution in [0.3, 0.4) is 0 Å². The number of fused-ring (bicyclic) bond motifs is 1. The summed E-state index contributed by atoms with van der Waals surface area (Å²) in [5.74, 6) is 0.374. The number of methoxy groups -OCH3 is 1. The molecular formula is C23H24N2O4.